The van der Waals surface area contributed by atoms with Gasteiger partial charge in [0.2, 0.25) is 5.91 Å². The fourth-order valence-electron chi connectivity index (χ4n) is 3.02. The number of hydrogen-bond acceptors (Lipinski definition) is 5. The summed E-state index contributed by atoms with van der Waals surface area (Å²) in [4.78, 5) is 16.5. The number of carbonyl (C=O) groups excluding carboxylic acids is 1. The second-order valence-corrected chi connectivity index (χ2v) is 7.50. The smallest absolute Gasteiger partial charge is 0.235 e. The van der Waals surface area contributed by atoms with Crippen molar-refractivity contribution >= 4 is 35.1 Å². The second kappa shape index (κ2) is 7.17. The van der Waals surface area contributed by atoms with E-state index in [1.54, 1.807) is 31.6 Å². The molecule has 27 heavy (non-hydrogen) atoms. The monoisotopic (exact) mass is 401 g/mol. The number of amides is 1. The largest absolute Gasteiger partial charge is 0.506 e. The Hall–Kier alpha value is -2.64. The molecule has 1 atom stereocenters. The van der Waals surface area contributed by atoms with Crippen LogP contribution in [-0.4, -0.2) is 33.4 Å². The number of aromatic hydroxyl groups is 1. The maximum atomic E-state index is 12.1. The van der Waals surface area contributed by atoms with Crippen LogP contribution in [0.3, 0.4) is 0 Å². The average molecular weight is 402 g/mol. The standard InChI is InChI=1S/C19H16ClN3O3S/c1-26-13-4-2-3-12(8-13)23-10-21-19-17(23)18(27-9-16(25)22-19)11-5-6-15(24)14(20)7-11/h2-8,10,18,24H,9H2,1H3,(H,22,25). The minimum atomic E-state index is -0.189. The summed E-state index contributed by atoms with van der Waals surface area (Å²) >= 11 is 7.60. The van der Waals surface area contributed by atoms with Gasteiger partial charge in [0.1, 0.15) is 17.8 Å². The Morgan fingerprint density at radius 2 is 2.19 bits per heavy atom. The third kappa shape index (κ3) is 3.36. The SMILES string of the molecule is COc1cccc(-n2cnc3c2C(c2ccc(O)c(Cl)c2)SCC(=O)N3)c1. The van der Waals surface area contributed by atoms with E-state index < -0.39 is 0 Å². The van der Waals surface area contributed by atoms with Crippen LogP contribution in [-0.2, 0) is 4.79 Å². The van der Waals surface area contributed by atoms with Crippen molar-refractivity contribution in [2.75, 3.05) is 18.2 Å². The number of anilines is 1. The Kier molecular flexibility index (Phi) is 4.72. The summed E-state index contributed by atoms with van der Waals surface area (Å²) < 4.78 is 7.26. The van der Waals surface area contributed by atoms with Crippen molar-refractivity contribution < 1.29 is 14.6 Å². The zero-order chi connectivity index (χ0) is 19.0. The van der Waals surface area contributed by atoms with Crippen LogP contribution in [0.2, 0.25) is 5.02 Å². The van der Waals surface area contributed by atoms with E-state index in [4.69, 9.17) is 16.3 Å². The molecule has 1 amide bonds. The lowest BCUT2D eigenvalue weighted by Crippen LogP contribution is -2.12. The van der Waals surface area contributed by atoms with Gasteiger partial charge in [-0.1, -0.05) is 23.7 Å². The van der Waals surface area contributed by atoms with Crippen molar-refractivity contribution in [1.82, 2.24) is 9.55 Å². The maximum absolute atomic E-state index is 12.1. The molecule has 1 aliphatic rings. The van der Waals surface area contributed by atoms with E-state index in [0.717, 1.165) is 22.7 Å². The molecule has 2 heterocycles. The van der Waals surface area contributed by atoms with Crippen LogP contribution in [0.1, 0.15) is 16.5 Å². The predicted octanol–water partition coefficient (Wildman–Crippen LogP) is 4.01. The molecule has 138 valence electrons. The van der Waals surface area contributed by atoms with E-state index in [1.807, 2.05) is 28.8 Å². The first-order valence-electron chi connectivity index (χ1n) is 8.18. The van der Waals surface area contributed by atoms with Gasteiger partial charge in [-0.15, -0.1) is 11.8 Å². The molecule has 1 unspecified atom stereocenters. The zero-order valence-corrected chi connectivity index (χ0v) is 15.9. The molecule has 8 heteroatoms. The number of phenols is 1. The number of rotatable bonds is 3. The molecule has 0 bridgehead atoms. The number of fused-ring (bicyclic) bond motifs is 1. The van der Waals surface area contributed by atoms with E-state index in [1.165, 1.54) is 11.8 Å². The number of carbonyl (C=O) groups is 1. The summed E-state index contributed by atoms with van der Waals surface area (Å²) in [5.74, 6) is 1.45. The highest BCUT2D eigenvalue weighted by molar-refractivity contribution is 8.00. The minimum absolute atomic E-state index is 0.0229. The number of nitrogens with zero attached hydrogens (tertiary/aromatic N) is 2. The van der Waals surface area contributed by atoms with E-state index >= 15 is 0 Å². The van der Waals surface area contributed by atoms with Crippen LogP contribution in [0.4, 0.5) is 5.82 Å². The van der Waals surface area contributed by atoms with Gasteiger partial charge in [0.15, 0.2) is 5.82 Å². The van der Waals surface area contributed by atoms with E-state index in [0.29, 0.717) is 5.82 Å². The molecular weight excluding hydrogens is 386 g/mol. The molecule has 6 nitrogen and oxygen atoms in total. The highest BCUT2D eigenvalue weighted by Gasteiger charge is 2.29. The summed E-state index contributed by atoms with van der Waals surface area (Å²) in [6.07, 6.45) is 1.68. The summed E-state index contributed by atoms with van der Waals surface area (Å²) in [6.45, 7) is 0. The number of nitrogens with one attached hydrogen (secondary N) is 1. The number of thioether (sulfide) groups is 1. The first-order chi connectivity index (χ1) is 13.1. The van der Waals surface area contributed by atoms with Crippen LogP contribution < -0.4 is 10.1 Å². The molecule has 0 saturated heterocycles. The van der Waals surface area contributed by atoms with Crippen molar-refractivity contribution in [3.63, 3.8) is 0 Å². The van der Waals surface area contributed by atoms with Crippen LogP contribution in [0.15, 0.2) is 48.8 Å². The number of benzene rings is 2. The number of methoxy groups -OCH3 is 1. The Balaban J connectivity index is 1.88. The lowest BCUT2D eigenvalue weighted by atomic mass is 10.1. The van der Waals surface area contributed by atoms with Crippen molar-refractivity contribution in [2.45, 2.75) is 5.25 Å². The molecule has 2 N–H and O–H groups in total. The summed E-state index contributed by atoms with van der Waals surface area (Å²) in [5.41, 5.74) is 2.58. The molecule has 2 aromatic carbocycles. The van der Waals surface area contributed by atoms with E-state index in [9.17, 15) is 9.90 Å². The number of hydrogen-bond donors (Lipinski definition) is 2. The molecule has 1 aliphatic heterocycles. The molecule has 0 radical (unpaired) electrons. The summed E-state index contributed by atoms with van der Waals surface area (Å²) in [6, 6.07) is 12.7. The van der Waals surface area contributed by atoms with Crippen LogP contribution in [0.5, 0.6) is 11.5 Å². The number of halogens is 1. The van der Waals surface area contributed by atoms with Gasteiger partial charge in [-0.05, 0) is 29.8 Å². The number of ether oxygens (including phenoxy) is 1. The van der Waals surface area contributed by atoms with Crippen LogP contribution in [0.25, 0.3) is 5.69 Å². The van der Waals surface area contributed by atoms with Gasteiger partial charge in [-0.25, -0.2) is 4.98 Å². The van der Waals surface area contributed by atoms with Gasteiger partial charge >= 0.3 is 0 Å². The Labute approximate surface area is 165 Å². The van der Waals surface area contributed by atoms with Gasteiger partial charge in [0, 0.05) is 6.07 Å². The third-order valence-electron chi connectivity index (χ3n) is 4.30. The highest BCUT2D eigenvalue weighted by Crippen LogP contribution is 2.43. The van der Waals surface area contributed by atoms with Crippen LogP contribution >= 0.6 is 23.4 Å². The molecule has 0 aliphatic carbocycles. The lowest BCUT2D eigenvalue weighted by Gasteiger charge is -2.19. The minimum Gasteiger partial charge on any atom is -0.506 e. The predicted molar refractivity (Wildman–Crippen MR) is 106 cm³/mol. The fourth-order valence-corrected chi connectivity index (χ4v) is 4.32. The van der Waals surface area contributed by atoms with Gasteiger partial charge in [-0.3, -0.25) is 9.36 Å². The average Bonchev–Trinajstić information content (AvgIpc) is 3.00. The quantitative estimate of drug-likeness (QED) is 0.693. The molecule has 0 spiro atoms. The number of imidazole rings is 1. The first-order valence-corrected chi connectivity index (χ1v) is 9.61. The Bertz CT molecular complexity index is 1020. The van der Waals surface area contributed by atoms with Gasteiger partial charge in [0.05, 0.1) is 34.5 Å². The van der Waals surface area contributed by atoms with Crippen LogP contribution in [0, 0.1) is 0 Å². The van der Waals surface area contributed by atoms with Gasteiger partial charge in [0.25, 0.3) is 0 Å². The molecular formula is C19H16ClN3O3S. The van der Waals surface area contributed by atoms with Crippen molar-refractivity contribution in [3.8, 4) is 17.2 Å². The van der Waals surface area contributed by atoms with Crippen molar-refractivity contribution in [1.29, 1.82) is 0 Å². The van der Waals surface area contributed by atoms with Gasteiger partial charge < -0.3 is 15.2 Å². The summed E-state index contributed by atoms with van der Waals surface area (Å²) in [7, 11) is 1.62. The van der Waals surface area contributed by atoms with E-state index in [-0.39, 0.29) is 27.7 Å². The van der Waals surface area contributed by atoms with Crippen molar-refractivity contribution in [2.24, 2.45) is 0 Å². The normalized spacial score (nSPS) is 16.4. The second-order valence-electron chi connectivity index (χ2n) is 6.00. The number of aromatic nitrogens is 2. The summed E-state index contributed by atoms with van der Waals surface area (Å²) in [5, 5.41) is 12.7. The Morgan fingerprint density at radius 1 is 1.33 bits per heavy atom. The maximum Gasteiger partial charge on any atom is 0.235 e. The lowest BCUT2D eigenvalue weighted by molar-refractivity contribution is -0.113. The van der Waals surface area contributed by atoms with Gasteiger partial charge in [-0.2, -0.15) is 0 Å². The molecule has 1 aromatic heterocycles. The molecule has 4 rings (SSSR count). The van der Waals surface area contributed by atoms with E-state index in [2.05, 4.69) is 10.3 Å². The zero-order valence-electron chi connectivity index (χ0n) is 14.3. The number of phenolic OH excluding ortho intramolecular Hbond substituents is 1. The topological polar surface area (TPSA) is 76.4 Å². The first kappa shape index (κ1) is 17.8. The highest BCUT2D eigenvalue weighted by atomic mass is 35.5. The molecule has 0 saturated carbocycles. The van der Waals surface area contributed by atoms with Crippen molar-refractivity contribution in [3.05, 3.63) is 65.1 Å². The molecule has 0 fully saturated rings. The fraction of sp³-hybridized carbons (Fsp3) is 0.158. The third-order valence-corrected chi connectivity index (χ3v) is 5.86. The molecule has 3 aromatic rings. The Morgan fingerprint density at radius 3 is 2.96 bits per heavy atom.